The lowest BCUT2D eigenvalue weighted by molar-refractivity contribution is -0.156. The Morgan fingerprint density at radius 2 is 2.12 bits per heavy atom. The molecule has 0 aliphatic heterocycles. The van der Waals surface area contributed by atoms with Crippen LogP contribution in [0.5, 0.6) is 0 Å². The number of carbonyl (C=O) groups is 1. The molecule has 2 N–H and O–H groups in total. The molecule has 5 nitrogen and oxygen atoms in total. The largest absolute Gasteiger partial charge is 0.459 e. The molecule has 0 spiro atoms. The van der Waals surface area contributed by atoms with Crippen LogP contribution in [0, 0.1) is 0 Å². The molecule has 1 heterocycles. The minimum absolute atomic E-state index is 0. The van der Waals surface area contributed by atoms with Crippen LogP contribution in [0.15, 0.2) is 12.3 Å². The van der Waals surface area contributed by atoms with Crippen LogP contribution in [-0.4, -0.2) is 21.4 Å². The molecule has 1 atom stereocenters. The number of hydrogen-bond acceptors (Lipinski definition) is 4. The Hall–Kier alpha value is -1.07. The third-order valence-electron chi connectivity index (χ3n) is 1.84. The summed E-state index contributed by atoms with van der Waals surface area (Å²) in [6.07, 6.45) is 1.60. The first kappa shape index (κ1) is 14.9. The summed E-state index contributed by atoms with van der Waals surface area (Å²) in [5.41, 5.74) is 5.88. The molecule has 1 aromatic rings. The lowest BCUT2D eigenvalue weighted by Crippen LogP contribution is -2.32. The first-order valence-electron chi connectivity index (χ1n) is 4.77. The average molecular weight is 248 g/mol. The van der Waals surface area contributed by atoms with Gasteiger partial charge in [-0.05, 0) is 26.8 Å². The predicted octanol–water partition coefficient (Wildman–Crippen LogP) is 1.18. The molecule has 0 fully saturated rings. The Morgan fingerprint density at radius 3 is 2.50 bits per heavy atom. The molecule has 0 saturated heterocycles. The Morgan fingerprint density at radius 1 is 1.56 bits per heavy atom. The highest BCUT2D eigenvalue weighted by atomic mass is 35.5. The van der Waals surface area contributed by atoms with E-state index >= 15 is 0 Å². The van der Waals surface area contributed by atoms with Gasteiger partial charge in [0.25, 0.3) is 0 Å². The second-order valence-corrected chi connectivity index (χ2v) is 4.39. The van der Waals surface area contributed by atoms with Crippen LogP contribution < -0.4 is 5.73 Å². The summed E-state index contributed by atoms with van der Waals surface area (Å²) in [7, 11) is 1.74. The number of nitrogens with two attached hydrogens (primary N) is 1. The number of aryl methyl sites for hydroxylation is 1. The minimum atomic E-state index is -0.781. The standard InChI is InChI=1S/C10H17N3O2.ClH/c1-10(2,3)15-9(14)8(11)7-5-6-12-13(7)4;/h5-6,8H,11H2,1-4H3;1H. The summed E-state index contributed by atoms with van der Waals surface area (Å²) in [4.78, 5) is 11.6. The van der Waals surface area contributed by atoms with Crippen molar-refractivity contribution >= 4 is 18.4 Å². The molecule has 92 valence electrons. The molecule has 0 aliphatic rings. The summed E-state index contributed by atoms with van der Waals surface area (Å²) in [6.45, 7) is 5.42. The van der Waals surface area contributed by atoms with Gasteiger partial charge in [0, 0.05) is 13.2 Å². The molecule has 0 radical (unpaired) electrons. The van der Waals surface area contributed by atoms with E-state index in [1.165, 1.54) is 0 Å². The van der Waals surface area contributed by atoms with Crippen molar-refractivity contribution in [3.63, 3.8) is 0 Å². The van der Waals surface area contributed by atoms with E-state index in [0.29, 0.717) is 5.69 Å². The second-order valence-electron chi connectivity index (χ2n) is 4.39. The van der Waals surface area contributed by atoms with Gasteiger partial charge >= 0.3 is 5.97 Å². The predicted molar refractivity (Wildman–Crippen MR) is 63.2 cm³/mol. The first-order valence-corrected chi connectivity index (χ1v) is 4.77. The first-order chi connectivity index (χ1) is 6.81. The van der Waals surface area contributed by atoms with Gasteiger partial charge in [0.1, 0.15) is 11.6 Å². The van der Waals surface area contributed by atoms with E-state index in [1.807, 2.05) is 0 Å². The van der Waals surface area contributed by atoms with Gasteiger partial charge in [0.2, 0.25) is 0 Å². The monoisotopic (exact) mass is 247 g/mol. The Bertz CT molecular complexity index is 357. The lowest BCUT2D eigenvalue weighted by atomic mass is 10.1. The van der Waals surface area contributed by atoms with Gasteiger partial charge in [0.15, 0.2) is 0 Å². The normalized spacial score (nSPS) is 12.8. The Kier molecular flexibility index (Phi) is 4.96. The highest BCUT2D eigenvalue weighted by molar-refractivity contribution is 5.85. The molecule has 0 bridgehead atoms. The van der Waals surface area contributed by atoms with Gasteiger partial charge in [-0.2, -0.15) is 5.10 Å². The molecule has 1 aromatic heterocycles. The van der Waals surface area contributed by atoms with Crippen molar-refractivity contribution in [2.75, 3.05) is 0 Å². The van der Waals surface area contributed by atoms with E-state index in [1.54, 1.807) is 44.8 Å². The highest BCUT2D eigenvalue weighted by Crippen LogP contribution is 2.15. The lowest BCUT2D eigenvalue weighted by Gasteiger charge is -2.22. The quantitative estimate of drug-likeness (QED) is 0.797. The molecule has 0 aromatic carbocycles. The number of ether oxygens (including phenoxy) is 1. The SMILES string of the molecule is Cl.Cn1nccc1C(N)C(=O)OC(C)(C)C. The molecule has 0 amide bonds. The molecule has 16 heavy (non-hydrogen) atoms. The van der Waals surface area contributed by atoms with Crippen molar-refractivity contribution in [3.8, 4) is 0 Å². The van der Waals surface area contributed by atoms with Crippen molar-refractivity contribution in [1.82, 2.24) is 9.78 Å². The van der Waals surface area contributed by atoms with Crippen LogP contribution in [0.2, 0.25) is 0 Å². The van der Waals surface area contributed by atoms with Crippen molar-refractivity contribution in [2.45, 2.75) is 32.4 Å². The van der Waals surface area contributed by atoms with E-state index in [2.05, 4.69) is 5.10 Å². The van der Waals surface area contributed by atoms with Crippen LogP contribution in [0.3, 0.4) is 0 Å². The maximum Gasteiger partial charge on any atom is 0.329 e. The molecule has 1 rings (SSSR count). The van der Waals surface area contributed by atoms with Crippen molar-refractivity contribution < 1.29 is 9.53 Å². The van der Waals surface area contributed by atoms with E-state index < -0.39 is 17.6 Å². The highest BCUT2D eigenvalue weighted by Gasteiger charge is 2.25. The van der Waals surface area contributed by atoms with Gasteiger partial charge in [0.05, 0.1) is 5.69 Å². The number of esters is 1. The second kappa shape index (κ2) is 5.32. The number of halogens is 1. The summed E-state index contributed by atoms with van der Waals surface area (Å²) >= 11 is 0. The zero-order valence-corrected chi connectivity index (χ0v) is 10.7. The van der Waals surface area contributed by atoms with Crippen molar-refractivity contribution in [3.05, 3.63) is 18.0 Å². The van der Waals surface area contributed by atoms with Crippen molar-refractivity contribution in [2.24, 2.45) is 12.8 Å². The fourth-order valence-electron chi connectivity index (χ4n) is 1.18. The minimum Gasteiger partial charge on any atom is -0.459 e. The number of rotatable bonds is 2. The van der Waals surface area contributed by atoms with Crippen molar-refractivity contribution in [1.29, 1.82) is 0 Å². The smallest absolute Gasteiger partial charge is 0.329 e. The van der Waals surface area contributed by atoms with Gasteiger partial charge in [-0.1, -0.05) is 0 Å². The fraction of sp³-hybridized carbons (Fsp3) is 0.600. The maximum absolute atomic E-state index is 11.6. The van der Waals surface area contributed by atoms with Gasteiger partial charge in [-0.15, -0.1) is 12.4 Å². The summed E-state index contributed by atoms with van der Waals surface area (Å²) < 4.78 is 6.74. The van der Waals surface area contributed by atoms with Crippen LogP contribution in [0.1, 0.15) is 32.5 Å². The molecular formula is C10H18ClN3O2. The molecule has 0 saturated carbocycles. The van der Waals surface area contributed by atoms with Gasteiger partial charge < -0.3 is 10.5 Å². The van der Waals surface area contributed by atoms with Gasteiger partial charge in [-0.3, -0.25) is 4.68 Å². The summed E-state index contributed by atoms with van der Waals surface area (Å²) in [6, 6.07) is 0.922. The summed E-state index contributed by atoms with van der Waals surface area (Å²) in [5.74, 6) is -0.439. The molecular weight excluding hydrogens is 230 g/mol. The van der Waals surface area contributed by atoms with E-state index in [4.69, 9.17) is 10.5 Å². The average Bonchev–Trinajstić information content (AvgIpc) is 2.47. The van der Waals surface area contributed by atoms with E-state index in [-0.39, 0.29) is 12.4 Å². The molecule has 0 aliphatic carbocycles. The molecule has 6 heteroatoms. The number of nitrogens with zero attached hydrogens (tertiary/aromatic N) is 2. The maximum atomic E-state index is 11.6. The fourth-order valence-corrected chi connectivity index (χ4v) is 1.18. The Labute approximate surface area is 101 Å². The Balaban J connectivity index is 0.00000225. The van der Waals surface area contributed by atoms with E-state index in [9.17, 15) is 4.79 Å². The number of aromatic nitrogens is 2. The van der Waals surface area contributed by atoms with E-state index in [0.717, 1.165) is 0 Å². The summed E-state index contributed by atoms with van der Waals surface area (Å²) in [5, 5.41) is 3.95. The van der Waals surface area contributed by atoms with Gasteiger partial charge in [-0.25, -0.2) is 4.79 Å². The third-order valence-corrected chi connectivity index (χ3v) is 1.84. The third kappa shape index (κ3) is 3.83. The topological polar surface area (TPSA) is 70.1 Å². The molecule has 1 unspecified atom stereocenters. The van der Waals surface area contributed by atoms with Crippen LogP contribution in [0.25, 0.3) is 0 Å². The number of hydrogen-bond donors (Lipinski definition) is 1. The zero-order chi connectivity index (χ0) is 11.6. The van der Waals surface area contributed by atoms with Crippen LogP contribution in [0.4, 0.5) is 0 Å². The zero-order valence-electron chi connectivity index (χ0n) is 9.93. The number of carbonyl (C=O) groups excluding carboxylic acids is 1. The van der Waals surface area contributed by atoms with Crippen LogP contribution in [-0.2, 0) is 16.6 Å². The van der Waals surface area contributed by atoms with Crippen LogP contribution >= 0.6 is 12.4 Å².